The molecular formula is C14H14Cl2F3N3O2. The number of hydrogen-bond donors (Lipinski definition) is 3. The first-order valence-electron chi connectivity index (χ1n) is 7.04. The number of halogens is 5. The molecule has 1 aliphatic carbocycles. The fourth-order valence-electron chi connectivity index (χ4n) is 2.47. The molecule has 2 aliphatic rings. The largest absolute Gasteiger partial charge is 0.490 e. The molecule has 3 N–H and O–H groups in total. The summed E-state index contributed by atoms with van der Waals surface area (Å²) in [5.74, 6) is -1.97. The van der Waals surface area contributed by atoms with Gasteiger partial charge in [-0.25, -0.2) is 9.79 Å². The Balaban J connectivity index is 0.000000256. The van der Waals surface area contributed by atoms with Gasteiger partial charge < -0.3 is 15.7 Å². The van der Waals surface area contributed by atoms with Crippen molar-refractivity contribution in [1.29, 1.82) is 0 Å². The van der Waals surface area contributed by atoms with Crippen molar-refractivity contribution in [2.45, 2.75) is 37.5 Å². The number of aliphatic imine (C=N–C) groups is 1. The maximum Gasteiger partial charge on any atom is 0.490 e. The number of aliphatic carboxylic acids is 1. The van der Waals surface area contributed by atoms with E-state index in [2.05, 4.69) is 15.6 Å². The molecule has 0 bridgehead atoms. The van der Waals surface area contributed by atoms with E-state index in [0.29, 0.717) is 27.8 Å². The van der Waals surface area contributed by atoms with Crippen LogP contribution in [0.4, 0.5) is 18.9 Å². The third-order valence-corrected chi connectivity index (χ3v) is 4.17. The molecule has 0 spiro atoms. The number of alkyl halides is 3. The maximum absolute atomic E-state index is 10.6. The molecule has 0 aromatic heterocycles. The molecule has 1 aromatic rings. The maximum atomic E-state index is 10.6. The smallest absolute Gasteiger partial charge is 0.475 e. The lowest BCUT2D eigenvalue weighted by molar-refractivity contribution is -0.192. The SMILES string of the molecule is Clc1cccc(Cl)c1N=C1N[C@@H]2CCC[C@H]2N1.O=C(O)C(F)(F)F. The van der Waals surface area contributed by atoms with Crippen LogP contribution in [0.1, 0.15) is 19.3 Å². The van der Waals surface area contributed by atoms with Gasteiger partial charge in [0.2, 0.25) is 0 Å². The van der Waals surface area contributed by atoms with Crippen molar-refractivity contribution in [2.24, 2.45) is 4.99 Å². The zero-order valence-electron chi connectivity index (χ0n) is 12.2. The Morgan fingerprint density at radius 1 is 1.17 bits per heavy atom. The van der Waals surface area contributed by atoms with Crippen molar-refractivity contribution in [3.8, 4) is 0 Å². The number of carboxylic acids is 1. The van der Waals surface area contributed by atoms with Gasteiger partial charge in [-0.3, -0.25) is 0 Å². The number of rotatable bonds is 1. The summed E-state index contributed by atoms with van der Waals surface area (Å²) < 4.78 is 31.7. The quantitative estimate of drug-likeness (QED) is 0.690. The number of nitrogens with one attached hydrogen (secondary N) is 2. The zero-order chi connectivity index (χ0) is 17.9. The molecule has 3 rings (SSSR count). The molecule has 1 aromatic carbocycles. The minimum atomic E-state index is -5.08. The van der Waals surface area contributed by atoms with E-state index in [-0.39, 0.29) is 0 Å². The predicted molar refractivity (Wildman–Crippen MR) is 84.9 cm³/mol. The molecule has 24 heavy (non-hydrogen) atoms. The fraction of sp³-hybridized carbons (Fsp3) is 0.429. The van der Waals surface area contributed by atoms with Gasteiger partial charge in [-0.15, -0.1) is 0 Å². The van der Waals surface area contributed by atoms with E-state index in [1.807, 2.05) is 6.07 Å². The first kappa shape index (κ1) is 18.7. The molecule has 5 nitrogen and oxygen atoms in total. The van der Waals surface area contributed by atoms with E-state index in [9.17, 15) is 13.2 Å². The number of para-hydroxylation sites is 1. The lowest BCUT2D eigenvalue weighted by Crippen LogP contribution is -2.27. The topological polar surface area (TPSA) is 73.7 Å². The first-order chi connectivity index (χ1) is 11.2. The summed E-state index contributed by atoms with van der Waals surface area (Å²) in [5.41, 5.74) is 0.630. The minimum absolute atomic E-state index is 0.509. The van der Waals surface area contributed by atoms with Gasteiger partial charge in [0, 0.05) is 12.1 Å². The van der Waals surface area contributed by atoms with Crippen LogP contribution in [-0.4, -0.2) is 35.3 Å². The normalized spacial score (nSPS) is 22.0. The number of carbonyl (C=O) groups is 1. The molecule has 1 aliphatic heterocycles. The predicted octanol–water partition coefficient (Wildman–Crippen LogP) is 3.73. The molecule has 132 valence electrons. The van der Waals surface area contributed by atoms with Crippen molar-refractivity contribution in [2.75, 3.05) is 0 Å². The summed E-state index contributed by atoms with van der Waals surface area (Å²) in [4.78, 5) is 13.4. The summed E-state index contributed by atoms with van der Waals surface area (Å²) in [6.07, 6.45) is -1.41. The van der Waals surface area contributed by atoms with Gasteiger partial charge in [-0.2, -0.15) is 13.2 Å². The molecule has 0 unspecified atom stereocenters. The molecule has 1 saturated carbocycles. The van der Waals surface area contributed by atoms with Gasteiger partial charge in [-0.1, -0.05) is 29.3 Å². The third kappa shape index (κ3) is 4.67. The summed E-state index contributed by atoms with van der Waals surface area (Å²) in [6, 6.07) is 6.43. The molecule has 2 atom stereocenters. The lowest BCUT2D eigenvalue weighted by atomic mass is 10.2. The molecule has 2 fully saturated rings. The third-order valence-electron chi connectivity index (χ3n) is 3.56. The number of benzene rings is 1. The second-order valence-electron chi connectivity index (χ2n) is 5.27. The van der Waals surface area contributed by atoms with Crippen molar-refractivity contribution in [3.05, 3.63) is 28.2 Å². The van der Waals surface area contributed by atoms with Crippen molar-refractivity contribution in [3.63, 3.8) is 0 Å². The van der Waals surface area contributed by atoms with Crippen molar-refractivity contribution in [1.82, 2.24) is 10.6 Å². The van der Waals surface area contributed by atoms with Crippen LogP contribution in [0.25, 0.3) is 0 Å². The van der Waals surface area contributed by atoms with E-state index in [1.54, 1.807) is 12.1 Å². The van der Waals surface area contributed by atoms with Gasteiger partial charge in [0.1, 0.15) is 5.69 Å². The first-order valence-corrected chi connectivity index (χ1v) is 7.80. The summed E-state index contributed by atoms with van der Waals surface area (Å²) in [7, 11) is 0. The molecule has 0 radical (unpaired) electrons. The van der Waals surface area contributed by atoms with Crippen LogP contribution in [0, 0.1) is 0 Å². The summed E-state index contributed by atoms with van der Waals surface area (Å²) in [6.45, 7) is 0. The highest BCUT2D eigenvalue weighted by Gasteiger charge is 2.38. The van der Waals surface area contributed by atoms with Gasteiger partial charge in [-0.05, 0) is 31.4 Å². The van der Waals surface area contributed by atoms with Gasteiger partial charge in [0.25, 0.3) is 0 Å². The van der Waals surface area contributed by atoms with E-state index in [1.165, 1.54) is 19.3 Å². The molecule has 0 amide bonds. The standard InChI is InChI=1S/C12H13Cl2N3.C2HF3O2/c13-7-3-1-4-8(14)11(7)17-12-15-9-5-2-6-10(9)16-12;3-2(4,5)1(6)7/h1,3-4,9-10H,2,5-6H2,(H2,15,16,17);(H,6,7)/t9-,10-;/m1./s1. The van der Waals surface area contributed by atoms with Crippen molar-refractivity contribution < 1.29 is 23.1 Å². The number of guanidine groups is 1. The zero-order valence-corrected chi connectivity index (χ0v) is 13.7. The average molecular weight is 384 g/mol. The Morgan fingerprint density at radius 2 is 1.62 bits per heavy atom. The Kier molecular flexibility index (Phi) is 5.82. The second kappa shape index (κ2) is 7.48. The lowest BCUT2D eigenvalue weighted by Gasteiger charge is -2.05. The summed E-state index contributed by atoms with van der Waals surface area (Å²) >= 11 is 12.2. The Labute approximate surface area is 145 Å². The highest BCUT2D eigenvalue weighted by atomic mass is 35.5. The monoisotopic (exact) mass is 383 g/mol. The van der Waals surface area contributed by atoms with Crippen LogP contribution in [-0.2, 0) is 4.79 Å². The van der Waals surface area contributed by atoms with Crippen LogP contribution >= 0.6 is 23.2 Å². The van der Waals surface area contributed by atoms with E-state index in [4.69, 9.17) is 33.1 Å². The van der Waals surface area contributed by atoms with Crippen LogP contribution < -0.4 is 10.6 Å². The van der Waals surface area contributed by atoms with E-state index in [0.717, 1.165) is 5.96 Å². The van der Waals surface area contributed by atoms with Crippen LogP contribution in [0.2, 0.25) is 10.0 Å². The van der Waals surface area contributed by atoms with Crippen LogP contribution in [0.5, 0.6) is 0 Å². The fourth-order valence-corrected chi connectivity index (χ4v) is 2.95. The molecule has 1 saturated heterocycles. The van der Waals surface area contributed by atoms with Gasteiger partial charge >= 0.3 is 12.1 Å². The van der Waals surface area contributed by atoms with Gasteiger partial charge in [0.05, 0.1) is 10.0 Å². The number of nitrogens with zero attached hydrogens (tertiary/aromatic N) is 1. The minimum Gasteiger partial charge on any atom is -0.475 e. The summed E-state index contributed by atoms with van der Waals surface area (Å²) in [5, 5.41) is 15.0. The Morgan fingerprint density at radius 3 is 2.04 bits per heavy atom. The van der Waals surface area contributed by atoms with Gasteiger partial charge in [0.15, 0.2) is 5.96 Å². The molecule has 10 heteroatoms. The molecule has 1 heterocycles. The van der Waals surface area contributed by atoms with Crippen LogP contribution in [0.15, 0.2) is 23.2 Å². The second-order valence-corrected chi connectivity index (χ2v) is 6.08. The highest BCUT2D eigenvalue weighted by molar-refractivity contribution is 6.38. The number of hydrogen-bond acceptors (Lipinski definition) is 2. The number of fused-ring (bicyclic) bond motifs is 1. The van der Waals surface area contributed by atoms with E-state index >= 15 is 0 Å². The molecular weight excluding hydrogens is 370 g/mol. The van der Waals surface area contributed by atoms with Crippen molar-refractivity contribution >= 4 is 40.8 Å². The number of carboxylic acid groups (broad SMARTS) is 1. The average Bonchev–Trinajstić information content (AvgIpc) is 3.03. The van der Waals surface area contributed by atoms with E-state index < -0.39 is 12.1 Å². The Hall–Kier alpha value is -1.67. The Bertz CT molecular complexity index is 618. The highest BCUT2D eigenvalue weighted by Crippen LogP contribution is 2.33. The van der Waals surface area contributed by atoms with Crippen LogP contribution in [0.3, 0.4) is 0 Å².